The molecule has 0 radical (unpaired) electrons. The molecule has 0 spiro atoms. The number of ether oxygens (including phenoxy) is 1. The molecule has 2 heterocycles. The first-order valence-electron chi connectivity index (χ1n) is 8.91. The summed E-state index contributed by atoms with van der Waals surface area (Å²) in [6, 6.07) is 2.21. The predicted octanol–water partition coefficient (Wildman–Crippen LogP) is 3.77. The maximum absolute atomic E-state index is 14.4. The second-order valence-corrected chi connectivity index (χ2v) is 8.63. The number of hydrogen-bond acceptors (Lipinski definition) is 5. The molecule has 0 fully saturated rings. The monoisotopic (exact) mass is 452 g/mol. The molecular weight excluding hydrogens is 431 g/mol. The fourth-order valence-electron chi connectivity index (χ4n) is 3.65. The molecule has 1 atom stereocenters. The van der Waals surface area contributed by atoms with E-state index in [1.807, 2.05) is 10.8 Å². The molecule has 1 aromatic carbocycles. The number of amides is 1. The molecule has 3 rings (SSSR count). The van der Waals surface area contributed by atoms with Crippen LogP contribution in [0.3, 0.4) is 0 Å². The van der Waals surface area contributed by atoms with Crippen molar-refractivity contribution >= 4 is 39.2 Å². The van der Waals surface area contributed by atoms with E-state index in [-0.39, 0.29) is 12.2 Å². The van der Waals surface area contributed by atoms with Crippen LogP contribution in [-0.2, 0) is 9.53 Å². The number of benzene rings is 1. The minimum atomic E-state index is -0.654. The quantitative estimate of drug-likeness (QED) is 0.691. The number of anilines is 1. The molecule has 2 aliphatic heterocycles. The van der Waals surface area contributed by atoms with Crippen LogP contribution in [-0.4, -0.2) is 47.8 Å². The summed E-state index contributed by atoms with van der Waals surface area (Å²) in [5, 5.41) is 9.83. The van der Waals surface area contributed by atoms with Gasteiger partial charge in [0.15, 0.2) is 0 Å². The second kappa shape index (κ2) is 7.35. The van der Waals surface area contributed by atoms with Gasteiger partial charge in [-0.3, -0.25) is 0 Å². The Morgan fingerprint density at radius 3 is 2.71 bits per heavy atom. The molecule has 2 aliphatic rings. The number of nitrogens with zero attached hydrogens (tertiary/aromatic N) is 2. The van der Waals surface area contributed by atoms with Crippen LogP contribution >= 0.6 is 15.9 Å². The lowest BCUT2D eigenvalue weighted by Gasteiger charge is -2.43. The normalized spacial score (nSPS) is 18.6. The van der Waals surface area contributed by atoms with Crippen LogP contribution in [0.15, 0.2) is 22.3 Å². The molecule has 1 amide bonds. The molecule has 1 unspecified atom stereocenters. The van der Waals surface area contributed by atoms with Crippen LogP contribution in [0.2, 0.25) is 0 Å². The zero-order valence-corrected chi connectivity index (χ0v) is 17.8. The minimum absolute atomic E-state index is 0.150. The number of allylic oxidation sites excluding steroid dienone is 2. The van der Waals surface area contributed by atoms with Crippen LogP contribution in [0.4, 0.5) is 14.9 Å². The molecule has 150 valence electrons. The standard InChI is InChI=1S/C20H22BrFN2O4/c1-20(2,3)28-19(27)23(4)15-5-6-24-16(10-26)17(21)14(9-25)12-7-11(22)8-13(15)18(12)24/h7-8,15,26H,5-6,10H2,1-4H3. The molecule has 6 nitrogen and oxygen atoms in total. The highest BCUT2D eigenvalue weighted by molar-refractivity contribution is 9.12. The fourth-order valence-corrected chi connectivity index (χ4v) is 4.29. The summed E-state index contributed by atoms with van der Waals surface area (Å²) in [6.45, 7) is 5.53. The third-order valence-electron chi connectivity index (χ3n) is 4.83. The summed E-state index contributed by atoms with van der Waals surface area (Å²) >= 11 is 3.34. The molecule has 1 aromatic rings. The number of aliphatic hydroxyl groups is 1. The van der Waals surface area contributed by atoms with Crippen molar-refractivity contribution < 1.29 is 23.8 Å². The molecule has 0 aromatic heterocycles. The lowest BCUT2D eigenvalue weighted by Crippen LogP contribution is -2.42. The smallest absolute Gasteiger partial charge is 0.410 e. The van der Waals surface area contributed by atoms with Gasteiger partial charge in [-0.15, -0.1) is 0 Å². The van der Waals surface area contributed by atoms with Crippen molar-refractivity contribution in [3.05, 3.63) is 39.3 Å². The zero-order chi connectivity index (χ0) is 20.8. The van der Waals surface area contributed by atoms with Crippen molar-refractivity contribution in [3.8, 4) is 0 Å². The second-order valence-electron chi connectivity index (χ2n) is 7.83. The first-order chi connectivity index (χ1) is 13.1. The van der Waals surface area contributed by atoms with Crippen molar-refractivity contribution in [2.45, 2.75) is 38.8 Å². The first-order valence-corrected chi connectivity index (χ1v) is 9.70. The zero-order valence-electron chi connectivity index (χ0n) is 16.2. The topological polar surface area (TPSA) is 70.1 Å². The SMILES string of the molecule is CN(C(=O)OC(C)(C)C)C1CCN2C(CO)=C(Br)C(=C=O)c3cc(F)cc1c32. The maximum Gasteiger partial charge on any atom is 0.410 e. The Bertz CT molecular complexity index is 916. The van der Waals surface area contributed by atoms with Crippen LogP contribution in [0.5, 0.6) is 0 Å². The molecule has 28 heavy (non-hydrogen) atoms. The van der Waals surface area contributed by atoms with Crippen molar-refractivity contribution in [2.75, 3.05) is 25.1 Å². The highest BCUT2D eigenvalue weighted by Crippen LogP contribution is 2.49. The van der Waals surface area contributed by atoms with Gasteiger partial charge in [0.25, 0.3) is 0 Å². The Balaban J connectivity index is 2.13. The Labute approximate surface area is 171 Å². The van der Waals surface area contributed by atoms with E-state index in [1.54, 1.807) is 27.8 Å². The Morgan fingerprint density at radius 1 is 1.46 bits per heavy atom. The van der Waals surface area contributed by atoms with Gasteiger partial charge >= 0.3 is 6.09 Å². The summed E-state index contributed by atoms with van der Waals surface area (Å²) in [5.74, 6) is 1.33. The van der Waals surface area contributed by atoms with Crippen LogP contribution < -0.4 is 4.90 Å². The number of hydrogen-bond donors (Lipinski definition) is 1. The maximum atomic E-state index is 14.4. The number of aliphatic hydroxyl groups excluding tert-OH is 1. The lowest BCUT2D eigenvalue weighted by atomic mass is 9.87. The van der Waals surface area contributed by atoms with Gasteiger partial charge in [-0.25, -0.2) is 14.0 Å². The predicted molar refractivity (Wildman–Crippen MR) is 107 cm³/mol. The summed E-state index contributed by atoms with van der Waals surface area (Å²) in [7, 11) is 1.61. The van der Waals surface area contributed by atoms with Crippen molar-refractivity contribution in [1.29, 1.82) is 0 Å². The lowest BCUT2D eigenvalue weighted by molar-refractivity contribution is 0.0210. The van der Waals surface area contributed by atoms with E-state index in [1.165, 1.54) is 17.0 Å². The Kier molecular flexibility index (Phi) is 5.40. The van der Waals surface area contributed by atoms with Crippen molar-refractivity contribution in [2.24, 2.45) is 0 Å². The fraction of sp³-hybridized carbons (Fsp3) is 0.450. The number of halogens is 2. The van der Waals surface area contributed by atoms with Crippen molar-refractivity contribution in [3.63, 3.8) is 0 Å². The van der Waals surface area contributed by atoms with E-state index in [0.29, 0.717) is 40.0 Å². The van der Waals surface area contributed by atoms with Crippen LogP contribution in [0.25, 0.3) is 5.57 Å². The molecule has 0 saturated carbocycles. The van der Waals surface area contributed by atoms with Gasteiger partial charge in [0.05, 0.1) is 34.1 Å². The third-order valence-corrected chi connectivity index (χ3v) is 5.68. The molecule has 8 heteroatoms. The van der Waals surface area contributed by atoms with Gasteiger partial charge in [0.1, 0.15) is 17.4 Å². The van der Waals surface area contributed by atoms with E-state index in [4.69, 9.17) is 4.74 Å². The summed E-state index contributed by atoms with van der Waals surface area (Å²) in [4.78, 5) is 27.5. The first kappa shape index (κ1) is 20.6. The number of carbonyl (C=O) groups excluding carboxylic acids is 2. The van der Waals surface area contributed by atoms with Gasteiger partial charge in [0, 0.05) is 24.7 Å². The average Bonchev–Trinajstić information content (AvgIpc) is 2.60. The van der Waals surface area contributed by atoms with E-state index >= 15 is 0 Å². The molecule has 1 N–H and O–H groups in total. The minimum Gasteiger partial charge on any atom is -0.444 e. The van der Waals surface area contributed by atoms with Gasteiger partial charge in [0.2, 0.25) is 0 Å². The third kappa shape index (κ3) is 3.48. The summed E-state index contributed by atoms with van der Waals surface area (Å²) < 4.78 is 20.3. The van der Waals surface area contributed by atoms with Gasteiger partial charge in [-0.2, -0.15) is 0 Å². The largest absolute Gasteiger partial charge is 0.444 e. The van der Waals surface area contributed by atoms with E-state index in [2.05, 4.69) is 15.9 Å². The highest BCUT2D eigenvalue weighted by atomic mass is 79.9. The average molecular weight is 453 g/mol. The Hall–Kier alpha value is -2.15. The van der Waals surface area contributed by atoms with Gasteiger partial charge in [-0.05, 0) is 55.3 Å². The molecule has 0 bridgehead atoms. The Morgan fingerprint density at radius 2 is 2.14 bits per heavy atom. The van der Waals surface area contributed by atoms with Gasteiger partial charge in [-0.1, -0.05) is 0 Å². The highest BCUT2D eigenvalue weighted by Gasteiger charge is 2.39. The summed E-state index contributed by atoms with van der Waals surface area (Å²) in [6.07, 6.45) is 0.000244. The van der Waals surface area contributed by atoms with E-state index in [9.17, 15) is 19.1 Å². The van der Waals surface area contributed by atoms with Crippen LogP contribution in [0.1, 0.15) is 44.4 Å². The van der Waals surface area contributed by atoms with Crippen molar-refractivity contribution in [1.82, 2.24) is 4.90 Å². The molecule has 0 aliphatic carbocycles. The molecule has 0 saturated heterocycles. The van der Waals surface area contributed by atoms with Gasteiger partial charge < -0.3 is 19.6 Å². The van der Waals surface area contributed by atoms with Crippen LogP contribution in [0, 0.1) is 5.82 Å². The van der Waals surface area contributed by atoms with E-state index in [0.717, 1.165) is 0 Å². The number of rotatable bonds is 2. The number of carbonyl (C=O) groups is 1. The summed E-state index contributed by atoms with van der Waals surface area (Å²) in [5.41, 5.74) is 1.57. The van der Waals surface area contributed by atoms with E-state index < -0.39 is 23.6 Å². The molecular formula is C20H22BrFN2O4.